The van der Waals surface area contributed by atoms with E-state index in [1.54, 1.807) is 39.8 Å². The molecule has 2 heterocycles. The van der Waals surface area contributed by atoms with Crippen LogP contribution < -0.4 is 0 Å². The Hall–Kier alpha value is -5.18. The molecule has 0 aliphatic carbocycles. The lowest BCUT2D eigenvalue weighted by Crippen LogP contribution is -2.13. The molecule has 0 spiro atoms. The van der Waals surface area contributed by atoms with Crippen LogP contribution in [0.1, 0.15) is 69.0 Å². The van der Waals surface area contributed by atoms with Crippen molar-refractivity contribution in [2.75, 3.05) is 0 Å². The van der Waals surface area contributed by atoms with E-state index in [0.717, 1.165) is 22.3 Å². The number of benzene rings is 3. The van der Waals surface area contributed by atoms with Crippen LogP contribution in [-0.2, 0) is 27.5 Å². The lowest BCUT2D eigenvalue weighted by molar-refractivity contribution is -0.139. The van der Waals surface area contributed by atoms with Crippen LogP contribution in [0.4, 0.5) is 4.32 Å². The minimum atomic E-state index is -0.918. The highest BCUT2D eigenvalue weighted by Crippen LogP contribution is 2.42. The van der Waals surface area contributed by atoms with Gasteiger partial charge in [0.05, 0.1) is 22.5 Å². The van der Waals surface area contributed by atoms with Gasteiger partial charge in [-0.3, -0.25) is 4.99 Å². The summed E-state index contributed by atoms with van der Waals surface area (Å²) in [6, 6.07) is 22.0. The highest BCUT2D eigenvalue weighted by Gasteiger charge is 2.33. The maximum absolute atomic E-state index is 15.0. The molecular weight excluding hydrogens is 582 g/mol. The summed E-state index contributed by atoms with van der Waals surface area (Å²) >= 11 is 0. The highest BCUT2D eigenvalue weighted by molar-refractivity contribution is 6.27. The molecule has 46 heavy (non-hydrogen) atoms. The zero-order valence-electron chi connectivity index (χ0n) is 26.9. The lowest BCUT2D eigenvalue weighted by Gasteiger charge is -2.20. The number of hydrogen-bond acceptors (Lipinski definition) is 6. The van der Waals surface area contributed by atoms with Crippen LogP contribution in [0.15, 0.2) is 94.6 Å². The molecule has 0 saturated carbocycles. The number of aliphatic imine (C=N–C) groups is 1. The standard InChI is InChI=1S/C37H36BFN2O5/c1-21-17-29(42)18-22(2)30(21)33(34-23(3)31(25(5)40-34)36(43)45-19-27-13-9-7-10-14-27)35-24(4)32(26(6)41(35)38-39)37(44)46-20-28-15-11-8-12-16-28/h7-18,38,42H,19-20H2,1-6H3/b34-33-. The Bertz CT molecular complexity index is 1900. The number of rotatable bonds is 9. The normalized spacial score (nSPS) is 13.8. The smallest absolute Gasteiger partial charge is 0.448 e. The van der Waals surface area contributed by atoms with Crippen LogP contribution in [0.25, 0.3) is 5.57 Å². The van der Waals surface area contributed by atoms with Crippen LogP contribution >= 0.6 is 0 Å². The molecule has 0 atom stereocenters. The van der Waals surface area contributed by atoms with Gasteiger partial charge in [0.2, 0.25) is 0 Å². The van der Waals surface area contributed by atoms with Gasteiger partial charge in [-0.1, -0.05) is 60.7 Å². The Morgan fingerprint density at radius 1 is 0.804 bits per heavy atom. The number of carbonyl (C=O) groups is 2. The topological polar surface area (TPSA) is 90.1 Å². The van der Waals surface area contributed by atoms with Gasteiger partial charge in [0.25, 0.3) is 0 Å². The quantitative estimate of drug-likeness (QED) is 0.159. The summed E-state index contributed by atoms with van der Waals surface area (Å²) in [5.74, 6) is -1.000. The SMILES string of the molecule is CC1=N/C(=C(/c2c(C)cc(O)cc2C)c2c(C)c(C(=O)OCc3ccccc3)c(C)n2BF)C(C)=C1C(=O)OCc1ccccc1. The van der Waals surface area contributed by atoms with Gasteiger partial charge in [0.1, 0.15) is 19.0 Å². The molecule has 0 saturated heterocycles. The fourth-order valence-electron chi connectivity index (χ4n) is 6.18. The first kappa shape index (κ1) is 32.2. The van der Waals surface area contributed by atoms with E-state index in [1.165, 1.54) is 4.48 Å². The highest BCUT2D eigenvalue weighted by atomic mass is 19.1. The Labute approximate surface area is 269 Å². The van der Waals surface area contributed by atoms with E-state index in [0.29, 0.717) is 50.6 Å². The van der Waals surface area contributed by atoms with E-state index in [9.17, 15) is 14.7 Å². The molecule has 0 amide bonds. The minimum absolute atomic E-state index is 0.0681. The van der Waals surface area contributed by atoms with E-state index >= 15 is 4.32 Å². The summed E-state index contributed by atoms with van der Waals surface area (Å²) < 4.78 is 27.9. The Balaban J connectivity index is 1.68. The first-order valence-corrected chi connectivity index (χ1v) is 15.0. The van der Waals surface area contributed by atoms with Crippen molar-refractivity contribution in [2.45, 2.75) is 54.8 Å². The zero-order valence-corrected chi connectivity index (χ0v) is 26.9. The molecule has 4 aromatic rings. The van der Waals surface area contributed by atoms with Gasteiger partial charge in [-0.05, 0) is 92.6 Å². The lowest BCUT2D eigenvalue weighted by atomic mass is 9.88. The van der Waals surface area contributed by atoms with Gasteiger partial charge < -0.3 is 23.4 Å². The third kappa shape index (κ3) is 6.18. The summed E-state index contributed by atoms with van der Waals surface area (Å²) in [6.07, 6.45) is 0. The molecule has 1 aromatic heterocycles. The second kappa shape index (κ2) is 13.4. The number of nitrogens with zero attached hydrogens (tertiary/aromatic N) is 2. The first-order chi connectivity index (χ1) is 22.0. The molecule has 3 aromatic carbocycles. The minimum Gasteiger partial charge on any atom is -0.508 e. The largest absolute Gasteiger partial charge is 0.508 e. The van der Waals surface area contributed by atoms with Crippen LogP contribution in [0.2, 0.25) is 0 Å². The fraction of sp³-hybridized carbons (Fsp3) is 0.216. The zero-order chi connectivity index (χ0) is 33.1. The number of carbonyl (C=O) groups excluding carboxylic acids is 2. The number of ether oxygens (including phenoxy) is 2. The number of phenolic OH excluding ortho intramolecular Hbond substituents is 1. The Morgan fingerprint density at radius 2 is 1.33 bits per heavy atom. The van der Waals surface area contributed by atoms with E-state index in [-0.39, 0.29) is 24.5 Å². The molecule has 1 N–H and O–H groups in total. The maximum atomic E-state index is 15.0. The number of aryl methyl sites for hydroxylation is 2. The van der Waals surface area contributed by atoms with Crippen molar-refractivity contribution in [3.05, 3.63) is 140 Å². The van der Waals surface area contributed by atoms with E-state index < -0.39 is 19.6 Å². The number of phenols is 1. The van der Waals surface area contributed by atoms with E-state index in [1.807, 2.05) is 74.5 Å². The maximum Gasteiger partial charge on any atom is 0.448 e. The van der Waals surface area contributed by atoms with Crippen molar-refractivity contribution < 1.29 is 28.5 Å². The van der Waals surface area contributed by atoms with Crippen molar-refractivity contribution >= 4 is 30.9 Å². The van der Waals surface area contributed by atoms with Crippen LogP contribution in [0.5, 0.6) is 5.75 Å². The summed E-state index contributed by atoms with van der Waals surface area (Å²) in [5, 5.41) is 10.4. The predicted octanol–water partition coefficient (Wildman–Crippen LogP) is 7.16. The van der Waals surface area contributed by atoms with Gasteiger partial charge in [0.15, 0.2) is 0 Å². The predicted molar refractivity (Wildman–Crippen MR) is 179 cm³/mol. The second-order valence-corrected chi connectivity index (χ2v) is 11.5. The summed E-state index contributed by atoms with van der Waals surface area (Å²) in [7, 11) is -0.918. The third-order valence-electron chi connectivity index (χ3n) is 8.33. The van der Waals surface area contributed by atoms with Gasteiger partial charge in [0, 0.05) is 17.0 Å². The number of halogens is 1. The van der Waals surface area contributed by atoms with E-state index in [2.05, 4.69) is 0 Å². The van der Waals surface area contributed by atoms with Gasteiger partial charge in [-0.2, -0.15) is 0 Å². The number of aromatic nitrogens is 1. The third-order valence-corrected chi connectivity index (χ3v) is 8.33. The van der Waals surface area contributed by atoms with Crippen molar-refractivity contribution in [2.24, 2.45) is 4.99 Å². The fourth-order valence-corrected chi connectivity index (χ4v) is 6.18. The number of hydrogen-bond donors (Lipinski definition) is 1. The Kier molecular flexibility index (Phi) is 9.42. The molecule has 5 rings (SSSR count). The molecule has 9 heteroatoms. The van der Waals surface area contributed by atoms with Crippen molar-refractivity contribution in [3.8, 4) is 5.75 Å². The molecule has 0 radical (unpaired) electrons. The molecule has 0 bridgehead atoms. The summed E-state index contributed by atoms with van der Waals surface area (Å²) in [4.78, 5) is 31.9. The average Bonchev–Trinajstić information content (AvgIpc) is 3.47. The van der Waals surface area contributed by atoms with Crippen molar-refractivity contribution in [3.63, 3.8) is 0 Å². The van der Waals surface area contributed by atoms with Gasteiger partial charge in [-0.15, -0.1) is 0 Å². The van der Waals surface area contributed by atoms with Crippen LogP contribution in [0, 0.1) is 27.7 Å². The molecular formula is C37H36BFN2O5. The first-order valence-electron chi connectivity index (χ1n) is 15.0. The molecule has 0 fully saturated rings. The molecule has 0 unspecified atom stereocenters. The average molecular weight is 619 g/mol. The molecule has 234 valence electrons. The monoisotopic (exact) mass is 618 g/mol. The molecule has 1 aliphatic heterocycles. The van der Waals surface area contributed by atoms with Crippen molar-refractivity contribution in [1.82, 2.24) is 4.48 Å². The van der Waals surface area contributed by atoms with Crippen molar-refractivity contribution in [1.29, 1.82) is 0 Å². The second-order valence-electron chi connectivity index (χ2n) is 11.5. The van der Waals surface area contributed by atoms with E-state index in [4.69, 9.17) is 14.5 Å². The van der Waals surface area contributed by atoms with Crippen LogP contribution in [0.3, 0.4) is 0 Å². The van der Waals surface area contributed by atoms with Crippen LogP contribution in [-0.4, -0.2) is 34.9 Å². The molecule has 7 nitrogen and oxygen atoms in total. The van der Waals surface area contributed by atoms with Gasteiger partial charge in [-0.25, -0.2) is 9.59 Å². The van der Waals surface area contributed by atoms with Gasteiger partial charge >= 0.3 is 19.6 Å². The number of aromatic hydroxyl groups is 1. The Morgan fingerprint density at radius 3 is 1.85 bits per heavy atom. The number of allylic oxidation sites excluding steroid dienone is 1. The number of esters is 2. The molecule has 1 aliphatic rings. The summed E-state index contributed by atoms with van der Waals surface area (Å²) in [5.41, 5.74) is 7.81. The summed E-state index contributed by atoms with van der Waals surface area (Å²) in [6.45, 7) is 10.8.